The Hall–Kier alpha value is -1.66. The van der Waals surface area contributed by atoms with Crippen molar-refractivity contribution in [2.45, 2.75) is 49.8 Å². The highest BCUT2D eigenvalue weighted by atomic mass is 32.2. The molecule has 25 heavy (non-hydrogen) atoms. The molecule has 1 N–H and O–H groups in total. The van der Waals surface area contributed by atoms with Crippen LogP contribution in [0.1, 0.15) is 44.9 Å². The van der Waals surface area contributed by atoms with Crippen LogP contribution < -0.4 is 5.32 Å². The van der Waals surface area contributed by atoms with Gasteiger partial charge in [0.2, 0.25) is 15.9 Å². The molecule has 1 aromatic carbocycles. The van der Waals surface area contributed by atoms with Crippen molar-refractivity contribution in [2.24, 2.45) is 5.92 Å². The van der Waals surface area contributed by atoms with Gasteiger partial charge in [-0.25, -0.2) is 8.42 Å². The molecule has 1 aromatic rings. The summed E-state index contributed by atoms with van der Waals surface area (Å²) in [5.41, 5.74) is 0.544. The third-order valence-corrected chi connectivity index (χ3v) is 6.78. The fourth-order valence-electron chi connectivity index (χ4n) is 3.48. The Kier molecular flexibility index (Phi) is 5.91. The molecule has 1 fully saturated rings. The second kappa shape index (κ2) is 8.15. The van der Waals surface area contributed by atoms with E-state index in [1.54, 1.807) is 28.6 Å². The fourth-order valence-corrected chi connectivity index (χ4v) is 5.04. The summed E-state index contributed by atoms with van der Waals surface area (Å²) in [4.78, 5) is 12.4. The molecule has 0 spiro atoms. The lowest BCUT2D eigenvalue weighted by Crippen LogP contribution is -2.32. The van der Waals surface area contributed by atoms with Crippen LogP contribution >= 0.6 is 0 Å². The van der Waals surface area contributed by atoms with Crippen molar-refractivity contribution in [3.63, 3.8) is 0 Å². The van der Waals surface area contributed by atoms with Crippen LogP contribution in [0.5, 0.6) is 0 Å². The first-order valence-corrected chi connectivity index (χ1v) is 10.6. The minimum absolute atomic E-state index is 0.0686. The SMILES string of the molecule is O=C(CC1C=CCC1)Nc1cccc(S(=O)(=O)N2CCCCCC2)c1. The van der Waals surface area contributed by atoms with Crippen molar-refractivity contribution in [2.75, 3.05) is 18.4 Å². The summed E-state index contributed by atoms with van der Waals surface area (Å²) < 4.78 is 27.3. The molecule has 1 amide bonds. The van der Waals surface area contributed by atoms with Gasteiger partial charge in [-0.3, -0.25) is 4.79 Å². The predicted octanol–water partition coefficient (Wildman–Crippen LogP) is 3.55. The lowest BCUT2D eigenvalue weighted by atomic mass is 10.1. The van der Waals surface area contributed by atoms with Gasteiger partial charge in [-0.05, 0) is 49.8 Å². The number of hydrogen-bond acceptors (Lipinski definition) is 3. The Morgan fingerprint density at radius 2 is 1.92 bits per heavy atom. The van der Waals surface area contributed by atoms with Crippen LogP contribution in [0, 0.1) is 5.92 Å². The standard InChI is InChI=1S/C19H26N2O3S/c22-19(14-16-8-3-4-9-16)20-17-10-7-11-18(15-17)25(23,24)21-12-5-1-2-6-13-21/h3,7-8,10-11,15-16H,1-2,4-6,9,12-14H2,(H,20,22). The van der Waals surface area contributed by atoms with E-state index in [0.717, 1.165) is 38.5 Å². The largest absolute Gasteiger partial charge is 0.326 e. The lowest BCUT2D eigenvalue weighted by Gasteiger charge is -2.20. The molecule has 0 radical (unpaired) electrons. The summed E-state index contributed by atoms with van der Waals surface area (Å²) in [5.74, 6) is 0.227. The van der Waals surface area contributed by atoms with Crippen molar-refractivity contribution in [1.82, 2.24) is 4.31 Å². The first-order chi connectivity index (χ1) is 12.1. The Morgan fingerprint density at radius 1 is 1.16 bits per heavy atom. The monoisotopic (exact) mass is 362 g/mol. The number of benzene rings is 1. The second-order valence-corrected chi connectivity index (χ2v) is 8.80. The molecule has 6 heteroatoms. The number of sulfonamides is 1. The van der Waals surface area contributed by atoms with Gasteiger partial charge in [0.15, 0.2) is 0 Å². The minimum atomic E-state index is -3.50. The summed E-state index contributed by atoms with van der Waals surface area (Å²) in [5, 5.41) is 2.84. The van der Waals surface area contributed by atoms with Gasteiger partial charge in [-0.15, -0.1) is 0 Å². The molecule has 0 saturated carbocycles. The number of rotatable bonds is 5. The minimum Gasteiger partial charge on any atom is -0.326 e. The third-order valence-electron chi connectivity index (χ3n) is 4.88. The zero-order valence-corrected chi connectivity index (χ0v) is 15.3. The number of amides is 1. The molecule has 5 nitrogen and oxygen atoms in total. The quantitative estimate of drug-likeness (QED) is 0.815. The topological polar surface area (TPSA) is 66.5 Å². The fraction of sp³-hybridized carbons (Fsp3) is 0.526. The van der Waals surface area contributed by atoms with Crippen molar-refractivity contribution in [3.05, 3.63) is 36.4 Å². The summed E-state index contributed by atoms with van der Waals surface area (Å²) in [7, 11) is -3.50. The number of carbonyl (C=O) groups excluding carboxylic acids is 1. The molecule has 1 unspecified atom stereocenters. The Bertz CT molecular complexity index is 735. The van der Waals surface area contributed by atoms with Crippen LogP contribution in [0.15, 0.2) is 41.3 Å². The van der Waals surface area contributed by atoms with Crippen molar-refractivity contribution >= 4 is 21.6 Å². The second-order valence-electron chi connectivity index (χ2n) is 6.86. The zero-order chi connectivity index (χ0) is 17.7. The number of nitrogens with zero attached hydrogens (tertiary/aromatic N) is 1. The van der Waals surface area contributed by atoms with E-state index in [2.05, 4.69) is 17.5 Å². The van der Waals surface area contributed by atoms with Gasteiger partial charge in [-0.2, -0.15) is 4.31 Å². The van der Waals surface area contributed by atoms with Crippen LogP contribution in [0.4, 0.5) is 5.69 Å². The lowest BCUT2D eigenvalue weighted by molar-refractivity contribution is -0.116. The summed E-state index contributed by atoms with van der Waals surface area (Å²) in [6, 6.07) is 6.61. The molecule has 136 valence electrons. The van der Waals surface area contributed by atoms with Gasteiger partial charge in [0, 0.05) is 25.2 Å². The maximum absolute atomic E-state index is 12.9. The molecule has 1 saturated heterocycles. The van der Waals surface area contributed by atoms with Gasteiger partial charge in [-0.1, -0.05) is 31.1 Å². The normalized spacial score (nSPS) is 21.8. The van der Waals surface area contributed by atoms with Crippen molar-refractivity contribution < 1.29 is 13.2 Å². The van der Waals surface area contributed by atoms with Gasteiger partial charge < -0.3 is 5.32 Å². The van der Waals surface area contributed by atoms with E-state index in [0.29, 0.717) is 31.1 Å². The molecule has 1 aliphatic carbocycles. The molecule has 1 atom stereocenters. The average Bonchev–Trinajstić information content (AvgIpc) is 2.93. The summed E-state index contributed by atoms with van der Waals surface area (Å²) in [6.45, 7) is 1.15. The van der Waals surface area contributed by atoms with E-state index in [1.807, 2.05) is 0 Å². The highest BCUT2D eigenvalue weighted by Crippen LogP contribution is 2.24. The van der Waals surface area contributed by atoms with Crippen LogP contribution in [0.2, 0.25) is 0 Å². The van der Waals surface area contributed by atoms with Crippen LogP contribution in [-0.4, -0.2) is 31.7 Å². The van der Waals surface area contributed by atoms with E-state index in [4.69, 9.17) is 0 Å². The van der Waals surface area contributed by atoms with Crippen molar-refractivity contribution in [3.8, 4) is 0 Å². The highest BCUT2D eigenvalue weighted by Gasteiger charge is 2.25. The maximum atomic E-state index is 12.9. The molecular weight excluding hydrogens is 336 g/mol. The molecule has 0 aromatic heterocycles. The molecule has 1 aliphatic heterocycles. The van der Waals surface area contributed by atoms with Crippen LogP contribution in [0.25, 0.3) is 0 Å². The van der Waals surface area contributed by atoms with Gasteiger partial charge >= 0.3 is 0 Å². The third kappa shape index (κ3) is 4.70. The van der Waals surface area contributed by atoms with E-state index in [-0.39, 0.29) is 10.8 Å². The Morgan fingerprint density at radius 3 is 2.60 bits per heavy atom. The van der Waals surface area contributed by atoms with Gasteiger partial charge in [0.05, 0.1) is 4.90 Å². The number of allylic oxidation sites excluding steroid dienone is 2. The highest BCUT2D eigenvalue weighted by molar-refractivity contribution is 7.89. The average molecular weight is 362 g/mol. The molecule has 3 rings (SSSR count). The number of carbonyl (C=O) groups is 1. The van der Waals surface area contributed by atoms with E-state index in [1.165, 1.54) is 0 Å². The maximum Gasteiger partial charge on any atom is 0.243 e. The molecular formula is C19H26N2O3S. The first-order valence-electron chi connectivity index (χ1n) is 9.12. The molecule has 1 heterocycles. The van der Waals surface area contributed by atoms with Crippen molar-refractivity contribution in [1.29, 1.82) is 0 Å². The zero-order valence-electron chi connectivity index (χ0n) is 14.5. The first kappa shape index (κ1) is 18.1. The van der Waals surface area contributed by atoms with Gasteiger partial charge in [0.1, 0.15) is 0 Å². The Balaban J connectivity index is 1.69. The smallest absolute Gasteiger partial charge is 0.243 e. The molecule has 0 bridgehead atoms. The van der Waals surface area contributed by atoms with Crippen LogP contribution in [-0.2, 0) is 14.8 Å². The summed E-state index contributed by atoms with van der Waals surface area (Å²) in [6.07, 6.45) is 10.6. The molecule has 2 aliphatic rings. The number of anilines is 1. The van der Waals surface area contributed by atoms with E-state index in [9.17, 15) is 13.2 Å². The van der Waals surface area contributed by atoms with Crippen LogP contribution in [0.3, 0.4) is 0 Å². The number of hydrogen-bond donors (Lipinski definition) is 1. The van der Waals surface area contributed by atoms with E-state index < -0.39 is 10.0 Å². The summed E-state index contributed by atoms with van der Waals surface area (Å²) >= 11 is 0. The Labute approximate surface area is 150 Å². The number of nitrogens with one attached hydrogen (secondary N) is 1. The van der Waals surface area contributed by atoms with E-state index >= 15 is 0 Å². The van der Waals surface area contributed by atoms with Gasteiger partial charge in [0.25, 0.3) is 0 Å². The predicted molar refractivity (Wildman–Crippen MR) is 98.8 cm³/mol.